The number of urea groups is 1. The number of amides is 5. The number of anilines is 1. The molecule has 1 saturated heterocycles. The van der Waals surface area contributed by atoms with Crippen molar-refractivity contribution in [2.24, 2.45) is 0 Å². The van der Waals surface area contributed by atoms with Crippen molar-refractivity contribution >= 4 is 29.4 Å². The van der Waals surface area contributed by atoms with Crippen LogP contribution in [-0.4, -0.2) is 54.2 Å². The Kier molecular flexibility index (Phi) is 5.75. The molecule has 9 nitrogen and oxygen atoms in total. The van der Waals surface area contributed by atoms with E-state index in [0.717, 1.165) is 4.90 Å². The van der Waals surface area contributed by atoms with Crippen molar-refractivity contribution in [2.45, 2.75) is 12.5 Å². The largest absolute Gasteiger partial charge is 0.345 e. The molecule has 1 aliphatic rings. The van der Waals surface area contributed by atoms with Gasteiger partial charge in [0.1, 0.15) is 12.1 Å². The molecule has 0 radical (unpaired) electrons. The molecule has 5 amide bonds. The van der Waals surface area contributed by atoms with Gasteiger partial charge in [0.05, 0.1) is 11.6 Å². The average molecular weight is 419 g/mol. The van der Waals surface area contributed by atoms with Crippen LogP contribution >= 0.6 is 0 Å². The highest BCUT2D eigenvalue weighted by Gasteiger charge is 2.49. The molecule has 1 heterocycles. The number of carbonyl (C=O) groups is 4. The molecule has 1 fully saturated rings. The van der Waals surface area contributed by atoms with E-state index in [1.54, 1.807) is 69.6 Å². The van der Waals surface area contributed by atoms with Gasteiger partial charge in [0.15, 0.2) is 0 Å². The second kappa shape index (κ2) is 8.28. The first-order valence-corrected chi connectivity index (χ1v) is 9.42. The summed E-state index contributed by atoms with van der Waals surface area (Å²) < 4.78 is 0. The predicted molar refractivity (Wildman–Crippen MR) is 112 cm³/mol. The maximum absolute atomic E-state index is 12.9. The van der Waals surface area contributed by atoms with Gasteiger partial charge in [-0.05, 0) is 48.9 Å². The average Bonchev–Trinajstić information content (AvgIpc) is 2.97. The molecule has 0 aromatic heterocycles. The van der Waals surface area contributed by atoms with Crippen LogP contribution in [0.4, 0.5) is 10.5 Å². The summed E-state index contributed by atoms with van der Waals surface area (Å²) in [4.78, 5) is 51.9. The van der Waals surface area contributed by atoms with Crippen LogP contribution in [0.2, 0.25) is 0 Å². The summed E-state index contributed by atoms with van der Waals surface area (Å²) in [6.07, 6.45) is 0. The molecule has 0 saturated carbocycles. The molecule has 1 atom stereocenters. The Morgan fingerprint density at radius 2 is 1.71 bits per heavy atom. The van der Waals surface area contributed by atoms with Gasteiger partial charge in [-0.1, -0.05) is 12.1 Å². The van der Waals surface area contributed by atoms with Gasteiger partial charge in [-0.15, -0.1) is 0 Å². The predicted octanol–water partition coefficient (Wildman–Crippen LogP) is 1.67. The Morgan fingerprint density at radius 3 is 2.26 bits per heavy atom. The minimum absolute atomic E-state index is 0.167. The van der Waals surface area contributed by atoms with Crippen LogP contribution in [0.5, 0.6) is 0 Å². The molecule has 2 N–H and O–H groups in total. The Morgan fingerprint density at radius 1 is 1.10 bits per heavy atom. The highest BCUT2D eigenvalue weighted by molar-refractivity contribution is 6.10. The molecule has 158 valence electrons. The molecule has 1 unspecified atom stereocenters. The number of carbonyl (C=O) groups excluding carboxylic acids is 4. The highest BCUT2D eigenvalue weighted by atomic mass is 16.2. The van der Waals surface area contributed by atoms with Gasteiger partial charge in [0.25, 0.3) is 11.8 Å². The molecule has 0 spiro atoms. The number of nitrogens with zero attached hydrogens (tertiary/aromatic N) is 3. The van der Waals surface area contributed by atoms with E-state index in [4.69, 9.17) is 5.26 Å². The van der Waals surface area contributed by atoms with E-state index in [-0.39, 0.29) is 5.91 Å². The Balaban J connectivity index is 1.68. The quantitative estimate of drug-likeness (QED) is 0.714. The third-order valence-electron chi connectivity index (χ3n) is 4.99. The number of rotatable bonds is 5. The molecule has 2 aromatic rings. The van der Waals surface area contributed by atoms with Gasteiger partial charge in [-0.2, -0.15) is 5.26 Å². The lowest BCUT2D eigenvalue weighted by molar-refractivity contribution is -0.133. The van der Waals surface area contributed by atoms with Crippen molar-refractivity contribution in [1.82, 2.24) is 15.1 Å². The monoisotopic (exact) mass is 419 g/mol. The lowest BCUT2D eigenvalue weighted by Crippen LogP contribution is -2.42. The maximum atomic E-state index is 12.9. The van der Waals surface area contributed by atoms with E-state index in [2.05, 4.69) is 10.6 Å². The molecule has 3 rings (SSSR count). The van der Waals surface area contributed by atoms with Crippen LogP contribution in [-0.2, 0) is 15.1 Å². The second-order valence-electron chi connectivity index (χ2n) is 7.46. The van der Waals surface area contributed by atoms with E-state index >= 15 is 0 Å². The smallest absolute Gasteiger partial charge is 0.325 e. The van der Waals surface area contributed by atoms with Crippen LogP contribution in [0, 0.1) is 11.3 Å². The van der Waals surface area contributed by atoms with E-state index in [1.807, 2.05) is 6.07 Å². The van der Waals surface area contributed by atoms with Crippen LogP contribution in [0.3, 0.4) is 0 Å². The van der Waals surface area contributed by atoms with E-state index in [1.165, 1.54) is 4.90 Å². The van der Waals surface area contributed by atoms with Crippen molar-refractivity contribution in [3.8, 4) is 6.07 Å². The van der Waals surface area contributed by atoms with Gasteiger partial charge >= 0.3 is 6.03 Å². The van der Waals surface area contributed by atoms with Crippen molar-refractivity contribution in [3.63, 3.8) is 0 Å². The number of imide groups is 1. The fourth-order valence-electron chi connectivity index (χ4n) is 3.21. The van der Waals surface area contributed by atoms with Gasteiger partial charge in [-0.3, -0.25) is 19.3 Å². The summed E-state index contributed by atoms with van der Waals surface area (Å²) >= 11 is 0. The first-order chi connectivity index (χ1) is 14.7. The molecule has 2 aromatic carbocycles. The summed E-state index contributed by atoms with van der Waals surface area (Å²) in [5.41, 5.74) is 0.504. The molecular weight excluding hydrogens is 398 g/mol. The molecular formula is C22H21N5O4. The molecule has 31 heavy (non-hydrogen) atoms. The van der Waals surface area contributed by atoms with E-state index in [0.29, 0.717) is 22.4 Å². The Labute approximate surface area is 179 Å². The van der Waals surface area contributed by atoms with Crippen LogP contribution < -0.4 is 10.6 Å². The number of hydrogen-bond acceptors (Lipinski definition) is 5. The lowest BCUT2D eigenvalue weighted by atomic mass is 9.91. The fraction of sp³-hybridized carbons (Fsp3) is 0.227. The molecule has 9 heteroatoms. The number of nitrogens with one attached hydrogen (secondary N) is 2. The number of nitriles is 1. The topological polar surface area (TPSA) is 123 Å². The Bertz CT molecular complexity index is 1090. The fourth-order valence-corrected chi connectivity index (χ4v) is 3.21. The number of benzene rings is 2. The number of hydrogen-bond donors (Lipinski definition) is 2. The van der Waals surface area contributed by atoms with Crippen LogP contribution in [0.1, 0.15) is 28.4 Å². The van der Waals surface area contributed by atoms with Crippen molar-refractivity contribution in [2.75, 3.05) is 26.0 Å². The Hall–Kier alpha value is -4.19. The summed E-state index contributed by atoms with van der Waals surface area (Å²) in [7, 11) is 3.28. The summed E-state index contributed by atoms with van der Waals surface area (Å²) in [6, 6.07) is 13.9. The van der Waals surface area contributed by atoms with E-state index < -0.39 is 29.9 Å². The highest BCUT2D eigenvalue weighted by Crippen LogP contribution is 2.29. The SMILES string of the molecule is CN(C)C(=O)c1ccc(NC(=O)CN2C(=O)NC(C)(c3ccc(C#N)cc3)C2=O)cc1. The summed E-state index contributed by atoms with van der Waals surface area (Å²) in [6.45, 7) is 1.09. The minimum atomic E-state index is -1.33. The third-order valence-corrected chi connectivity index (χ3v) is 4.99. The van der Waals surface area contributed by atoms with E-state index in [9.17, 15) is 19.2 Å². The lowest BCUT2D eigenvalue weighted by Gasteiger charge is -2.22. The van der Waals surface area contributed by atoms with Crippen molar-refractivity contribution in [1.29, 1.82) is 5.26 Å². The van der Waals surface area contributed by atoms with Gasteiger partial charge in [0, 0.05) is 25.3 Å². The van der Waals surface area contributed by atoms with Crippen molar-refractivity contribution < 1.29 is 19.2 Å². The third kappa shape index (κ3) is 4.23. The maximum Gasteiger partial charge on any atom is 0.325 e. The molecule has 0 bridgehead atoms. The van der Waals surface area contributed by atoms with Crippen LogP contribution in [0.25, 0.3) is 0 Å². The normalized spacial score (nSPS) is 17.7. The standard InChI is InChI=1S/C22H21N5O4/c1-22(16-8-4-14(12-23)5-9-16)20(30)27(21(31)25-22)13-18(28)24-17-10-6-15(7-11-17)19(29)26(2)3/h4-11H,13H2,1-3H3,(H,24,28)(H,25,31). The zero-order valence-electron chi connectivity index (χ0n) is 17.3. The van der Waals surface area contributed by atoms with Crippen LogP contribution in [0.15, 0.2) is 48.5 Å². The van der Waals surface area contributed by atoms with Gasteiger partial charge in [-0.25, -0.2) is 4.79 Å². The van der Waals surface area contributed by atoms with Gasteiger partial charge in [0.2, 0.25) is 5.91 Å². The first-order valence-electron chi connectivity index (χ1n) is 9.42. The van der Waals surface area contributed by atoms with Gasteiger partial charge < -0.3 is 15.5 Å². The first kappa shape index (κ1) is 21.5. The zero-order chi connectivity index (χ0) is 22.8. The minimum Gasteiger partial charge on any atom is -0.345 e. The molecule has 1 aliphatic heterocycles. The van der Waals surface area contributed by atoms with Crippen molar-refractivity contribution in [3.05, 3.63) is 65.2 Å². The summed E-state index contributed by atoms with van der Waals surface area (Å²) in [5, 5.41) is 14.2. The summed E-state index contributed by atoms with van der Waals surface area (Å²) in [5.74, 6) is -1.29. The second-order valence-corrected chi connectivity index (χ2v) is 7.46. The molecule has 0 aliphatic carbocycles. The zero-order valence-corrected chi connectivity index (χ0v) is 17.3.